The average molecular weight is 641 g/mol. The summed E-state index contributed by atoms with van der Waals surface area (Å²) in [5.74, 6) is -1.32. The van der Waals surface area contributed by atoms with E-state index in [9.17, 15) is 27.9 Å². The van der Waals surface area contributed by atoms with E-state index in [1.165, 1.54) is 27.9 Å². The van der Waals surface area contributed by atoms with E-state index in [1.54, 1.807) is 24.0 Å². The van der Waals surface area contributed by atoms with Crippen LogP contribution in [0.1, 0.15) is 28.0 Å². The summed E-state index contributed by atoms with van der Waals surface area (Å²) in [6, 6.07) is 3.98. The summed E-state index contributed by atoms with van der Waals surface area (Å²) in [6.07, 6.45) is 0.0725. The zero-order valence-electron chi connectivity index (χ0n) is 24.4. The van der Waals surface area contributed by atoms with E-state index in [0.29, 0.717) is 18.5 Å². The van der Waals surface area contributed by atoms with Gasteiger partial charge in [0.15, 0.2) is 17.2 Å². The molecule has 2 saturated heterocycles. The molecule has 2 atom stereocenters. The largest absolute Gasteiger partial charge is 0.435 e. The van der Waals surface area contributed by atoms with E-state index in [0.717, 1.165) is 16.9 Å². The first-order valence-corrected chi connectivity index (χ1v) is 14.3. The number of rotatable bonds is 6. The highest BCUT2D eigenvalue weighted by Crippen LogP contribution is 2.37. The van der Waals surface area contributed by atoms with Crippen LogP contribution in [0.5, 0.6) is 0 Å². The molecule has 1 aromatic carbocycles. The number of benzene rings is 1. The normalized spacial score (nSPS) is 18.6. The minimum absolute atomic E-state index is 0.0548. The van der Waals surface area contributed by atoms with Gasteiger partial charge < -0.3 is 25.5 Å². The van der Waals surface area contributed by atoms with Gasteiger partial charge in [-0.05, 0) is 31.0 Å². The topological polar surface area (TPSA) is 157 Å². The van der Waals surface area contributed by atoms with E-state index in [-0.39, 0.29) is 72.6 Å². The molecule has 0 unspecified atom stereocenters. The lowest BCUT2D eigenvalue weighted by atomic mass is 10.0. The lowest BCUT2D eigenvalue weighted by Crippen LogP contribution is -2.54. The third-order valence-corrected chi connectivity index (χ3v) is 8.02. The van der Waals surface area contributed by atoms with Crippen molar-refractivity contribution in [3.05, 3.63) is 59.6 Å². The van der Waals surface area contributed by atoms with Gasteiger partial charge in [-0.25, -0.2) is 14.4 Å². The molecule has 5 heterocycles. The van der Waals surface area contributed by atoms with Crippen LogP contribution >= 0.6 is 0 Å². The Hall–Kier alpha value is -5.08. The standard InChI is InChI=1S/C29H28F4N10O3/c1-16-10-17(11-20(30)23(16)28(46)41-8-6-40(7-9-41)27(45)21-12-18(44)13-36-21)38-25-26-37-14-22(43(26)5-3-35-25)19-15-42(4-2-34)39-24(19)29(31,32)33/h3,5,10-11,14-15,18,21,36,44H,4,6-9,12-13H2,1H3,(H,35,38)/t18-,21+/m1/s1. The first kappa shape index (κ1) is 30.9. The number of carbonyl (C=O) groups excluding carboxylic acids is 2. The third kappa shape index (κ3) is 5.84. The Kier molecular flexibility index (Phi) is 8.08. The van der Waals surface area contributed by atoms with E-state index < -0.39 is 35.7 Å². The summed E-state index contributed by atoms with van der Waals surface area (Å²) in [5, 5.41) is 28.1. The molecule has 0 aliphatic carbocycles. The fourth-order valence-electron chi connectivity index (χ4n) is 5.82. The number of imidazole rings is 1. The average Bonchev–Trinajstić information content (AvgIpc) is 3.75. The van der Waals surface area contributed by atoms with Crippen molar-refractivity contribution in [2.75, 3.05) is 38.0 Å². The summed E-state index contributed by atoms with van der Waals surface area (Å²) in [5.41, 5.74) is -0.800. The van der Waals surface area contributed by atoms with Crippen molar-refractivity contribution < 1.29 is 32.3 Å². The summed E-state index contributed by atoms with van der Waals surface area (Å²) in [7, 11) is 0. The number of alkyl halides is 3. The molecule has 0 saturated carbocycles. The first-order valence-electron chi connectivity index (χ1n) is 14.3. The minimum Gasteiger partial charge on any atom is -0.392 e. The number of aliphatic hydroxyl groups excluding tert-OH is 1. The highest BCUT2D eigenvalue weighted by atomic mass is 19.4. The van der Waals surface area contributed by atoms with Crippen LogP contribution in [0, 0.1) is 24.1 Å². The number of β-amino-alcohol motifs (C(OH)–C–C–N with tert-alkyl or cyclic N) is 1. The smallest absolute Gasteiger partial charge is 0.392 e. The second kappa shape index (κ2) is 12.0. The van der Waals surface area contributed by atoms with Crippen LogP contribution in [0.4, 0.5) is 29.1 Å². The summed E-state index contributed by atoms with van der Waals surface area (Å²) in [4.78, 5) is 37.6. The highest BCUT2D eigenvalue weighted by molar-refractivity contribution is 5.97. The molecule has 240 valence electrons. The number of hydrogen-bond acceptors (Lipinski definition) is 9. The molecule has 0 spiro atoms. The van der Waals surface area contributed by atoms with Gasteiger partial charge in [-0.15, -0.1) is 0 Å². The van der Waals surface area contributed by atoms with Crippen molar-refractivity contribution in [2.45, 2.75) is 38.2 Å². The second-order valence-electron chi connectivity index (χ2n) is 11.1. The highest BCUT2D eigenvalue weighted by Gasteiger charge is 2.38. The molecule has 4 aromatic rings. The van der Waals surface area contributed by atoms with Gasteiger partial charge in [-0.2, -0.15) is 23.5 Å². The van der Waals surface area contributed by atoms with Crippen LogP contribution in [0.3, 0.4) is 0 Å². The summed E-state index contributed by atoms with van der Waals surface area (Å²) in [6.45, 7) is 2.56. The van der Waals surface area contributed by atoms with Crippen LogP contribution in [-0.4, -0.2) is 95.7 Å². The Morgan fingerprint density at radius 3 is 2.57 bits per heavy atom. The fraction of sp³-hybridized carbons (Fsp3) is 0.379. The van der Waals surface area contributed by atoms with Crippen molar-refractivity contribution in [3.63, 3.8) is 0 Å². The number of nitriles is 1. The maximum atomic E-state index is 15.5. The number of halogens is 4. The predicted octanol–water partition coefficient (Wildman–Crippen LogP) is 2.33. The van der Waals surface area contributed by atoms with Crippen molar-refractivity contribution in [1.82, 2.24) is 39.3 Å². The number of fused-ring (bicyclic) bond motifs is 1. The van der Waals surface area contributed by atoms with Crippen LogP contribution in [0.25, 0.3) is 16.9 Å². The number of aryl methyl sites for hydroxylation is 1. The monoisotopic (exact) mass is 640 g/mol. The van der Waals surface area contributed by atoms with Gasteiger partial charge in [0.2, 0.25) is 5.91 Å². The van der Waals surface area contributed by atoms with Gasteiger partial charge in [0.1, 0.15) is 12.4 Å². The minimum atomic E-state index is -4.79. The van der Waals surface area contributed by atoms with Crippen molar-refractivity contribution >= 4 is 29.0 Å². The van der Waals surface area contributed by atoms with Crippen molar-refractivity contribution in [3.8, 4) is 17.3 Å². The van der Waals surface area contributed by atoms with Crippen LogP contribution < -0.4 is 10.6 Å². The maximum Gasteiger partial charge on any atom is 0.435 e. The zero-order chi connectivity index (χ0) is 32.7. The number of carbonyl (C=O) groups is 2. The fourth-order valence-corrected chi connectivity index (χ4v) is 5.82. The first-order chi connectivity index (χ1) is 21.9. The third-order valence-electron chi connectivity index (χ3n) is 8.02. The molecule has 0 radical (unpaired) electrons. The van der Waals surface area contributed by atoms with Crippen LogP contribution in [0.2, 0.25) is 0 Å². The second-order valence-corrected chi connectivity index (χ2v) is 11.1. The van der Waals surface area contributed by atoms with Gasteiger partial charge in [-0.1, -0.05) is 0 Å². The zero-order valence-corrected chi connectivity index (χ0v) is 24.4. The number of nitrogens with zero attached hydrogens (tertiary/aromatic N) is 8. The number of nitrogens with one attached hydrogen (secondary N) is 2. The van der Waals surface area contributed by atoms with E-state index in [4.69, 9.17) is 5.26 Å². The number of aliphatic hydroxyl groups is 1. The summed E-state index contributed by atoms with van der Waals surface area (Å²) < 4.78 is 59.0. The molecular weight excluding hydrogens is 612 g/mol. The van der Waals surface area contributed by atoms with Gasteiger partial charge >= 0.3 is 6.18 Å². The molecule has 6 rings (SSSR count). The van der Waals surface area contributed by atoms with E-state index in [2.05, 4.69) is 25.7 Å². The van der Waals surface area contributed by atoms with Crippen molar-refractivity contribution in [2.24, 2.45) is 0 Å². The van der Waals surface area contributed by atoms with Crippen molar-refractivity contribution in [1.29, 1.82) is 5.26 Å². The molecule has 2 amide bonds. The number of aromatic nitrogens is 5. The molecule has 0 bridgehead atoms. The SMILES string of the molecule is Cc1cc(Nc2nccn3c(-c4cn(CC#N)nc4C(F)(F)F)cnc23)cc(F)c1C(=O)N1CCN(C(=O)[C@@H]2C[C@@H](O)CN2)CC1. The molecule has 17 heteroatoms. The van der Waals surface area contributed by atoms with Gasteiger partial charge in [0.05, 0.1) is 41.2 Å². The van der Waals surface area contributed by atoms with Gasteiger partial charge in [-0.3, -0.25) is 18.7 Å². The number of amides is 2. The lowest BCUT2D eigenvalue weighted by molar-refractivity contribution is -0.141. The summed E-state index contributed by atoms with van der Waals surface area (Å²) >= 11 is 0. The molecule has 3 N–H and O–H groups in total. The number of hydrogen-bond donors (Lipinski definition) is 3. The number of anilines is 2. The van der Waals surface area contributed by atoms with Crippen LogP contribution in [-0.2, 0) is 17.5 Å². The quantitative estimate of drug-likeness (QED) is 0.269. The molecule has 2 fully saturated rings. The van der Waals surface area contributed by atoms with Gasteiger partial charge in [0, 0.05) is 57.0 Å². The molecule has 3 aromatic heterocycles. The van der Waals surface area contributed by atoms with Gasteiger partial charge in [0.25, 0.3) is 5.91 Å². The Balaban J connectivity index is 1.20. The molecule has 2 aliphatic heterocycles. The molecular formula is C29H28F4N10O3. The lowest BCUT2D eigenvalue weighted by Gasteiger charge is -2.36. The molecule has 46 heavy (non-hydrogen) atoms. The Bertz CT molecular complexity index is 1830. The molecule has 2 aliphatic rings. The Morgan fingerprint density at radius 2 is 1.91 bits per heavy atom. The Labute approximate surface area is 259 Å². The molecule has 13 nitrogen and oxygen atoms in total. The van der Waals surface area contributed by atoms with E-state index in [1.807, 2.05) is 0 Å². The van der Waals surface area contributed by atoms with Crippen LogP contribution in [0.15, 0.2) is 36.9 Å². The van der Waals surface area contributed by atoms with E-state index >= 15 is 4.39 Å². The number of piperazine rings is 1. The Morgan fingerprint density at radius 1 is 1.17 bits per heavy atom. The maximum absolute atomic E-state index is 15.5. The predicted molar refractivity (Wildman–Crippen MR) is 154 cm³/mol.